The lowest BCUT2D eigenvalue weighted by atomic mass is 10.1. The van der Waals surface area contributed by atoms with Crippen LogP contribution in [0.15, 0.2) is 54.9 Å². The summed E-state index contributed by atoms with van der Waals surface area (Å²) in [5.41, 5.74) is 2.19. The van der Waals surface area contributed by atoms with Gasteiger partial charge in [-0.3, -0.25) is 9.78 Å². The van der Waals surface area contributed by atoms with Gasteiger partial charge in [0.1, 0.15) is 17.3 Å². The highest BCUT2D eigenvalue weighted by Gasteiger charge is 2.18. The Labute approximate surface area is 173 Å². The van der Waals surface area contributed by atoms with E-state index in [-0.39, 0.29) is 18.0 Å². The van der Waals surface area contributed by atoms with Crippen molar-refractivity contribution in [3.05, 3.63) is 77.6 Å². The van der Waals surface area contributed by atoms with E-state index in [2.05, 4.69) is 20.2 Å². The molecular formula is C23H22F2N4O. The van der Waals surface area contributed by atoms with Crippen molar-refractivity contribution in [1.29, 1.82) is 0 Å². The summed E-state index contributed by atoms with van der Waals surface area (Å²) in [6.45, 7) is 1.83. The van der Waals surface area contributed by atoms with Crippen LogP contribution in [0.25, 0.3) is 11.3 Å². The van der Waals surface area contributed by atoms with Gasteiger partial charge in [-0.1, -0.05) is 12.1 Å². The summed E-state index contributed by atoms with van der Waals surface area (Å²) in [5, 5.41) is 2.62. The molecule has 0 aliphatic carbocycles. The summed E-state index contributed by atoms with van der Waals surface area (Å²) >= 11 is 0. The Balaban J connectivity index is 1.48. The average Bonchev–Trinajstić information content (AvgIpc) is 2.80. The molecule has 0 spiro atoms. The highest BCUT2D eigenvalue weighted by Crippen LogP contribution is 2.28. The second-order valence-corrected chi connectivity index (χ2v) is 7.27. The van der Waals surface area contributed by atoms with Gasteiger partial charge in [0.15, 0.2) is 5.82 Å². The zero-order valence-corrected chi connectivity index (χ0v) is 16.4. The predicted molar refractivity (Wildman–Crippen MR) is 111 cm³/mol. The molecule has 7 heteroatoms. The van der Waals surface area contributed by atoms with Crippen LogP contribution in [0.4, 0.5) is 14.6 Å². The number of piperidine rings is 1. The molecule has 1 saturated heterocycles. The third-order valence-electron chi connectivity index (χ3n) is 5.20. The van der Waals surface area contributed by atoms with Crippen molar-refractivity contribution >= 4 is 11.7 Å². The Morgan fingerprint density at radius 2 is 1.70 bits per heavy atom. The molecule has 154 valence electrons. The molecule has 0 atom stereocenters. The third-order valence-corrected chi connectivity index (χ3v) is 5.20. The second-order valence-electron chi connectivity index (χ2n) is 7.27. The Hall–Kier alpha value is -3.35. The number of amides is 1. The molecule has 5 nitrogen and oxygen atoms in total. The first kappa shape index (κ1) is 19.9. The second kappa shape index (κ2) is 8.98. The molecule has 1 aliphatic heterocycles. The maximum Gasteiger partial charge on any atom is 0.251 e. The standard InChI is InChI=1S/C23H22F2N4O/c24-19-8-9-20(25)18(14-19)15-28-23(30)17-6-4-16(5-7-17)21-22(27-11-10-26-21)29-12-2-1-3-13-29/h4-11,14H,1-3,12-13,15H2,(H,28,30). The minimum atomic E-state index is -0.556. The van der Waals surface area contributed by atoms with Crippen LogP contribution in [0.2, 0.25) is 0 Å². The lowest BCUT2D eigenvalue weighted by Crippen LogP contribution is -2.30. The van der Waals surface area contributed by atoms with Crippen LogP contribution in [-0.2, 0) is 6.54 Å². The van der Waals surface area contributed by atoms with E-state index < -0.39 is 11.6 Å². The fourth-order valence-corrected chi connectivity index (χ4v) is 3.61. The van der Waals surface area contributed by atoms with E-state index in [9.17, 15) is 13.6 Å². The number of hydrogen-bond donors (Lipinski definition) is 1. The SMILES string of the molecule is O=C(NCc1cc(F)ccc1F)c1ccc(-c2nccnc2N2CCCCC2)cc1. The van der Waals surface area contributed by atoms with Gasteiger partial charge in [0.05, 0.1) is 0 Å². The van der Waals surface area contributed by atoms with Crippen LogP contribution in [0.3, 0.4) is 0 Å². The summed E-state index contributed by atoms with van der Waals surface area (Å²) in [7, 11) is 0. The third kappa shape index (κ3) is 4.45. The number of carbonyl (C=O) groups is 1. The molecule has 1 N–H and O–H groups in total. The number of hydrogen-bond acceptors (Lipinski definition) is 4. The number of rotatable bonds is 5. The number of halogens is 2. The molecular weight excluding hydrogens is 386 g/mol. The molecule has 0 saturated carbocycles. The van der Waals surface area contributed by atoms with Crippen LogP contribution in [0.5, 0.6) is 0 Å². The molecule has 0 unspecified atom stereocenters. The maximum absolute atomic E-state index is 13.7. The van der Waals surface area contributed by atoms with Gasteiger partial charge < -0.3 is 10.2 Å². The topological polar surface area (TPSA) is 58.1 Å². The summed E-state index contributed by atoms with van der Waals surface area (Å²) in [5.74, 6) is -0.602. The number of anilines is 1. The quantitative estimate of drug-likeness (QED) is 0.682. The number of benzene rings is 2. The van der Waals surface area contributed by atoms with E-state index in [4.69, 9.17) is 0 Å². The molecule has 1 aromatic heterocycles. The molecule has 30 heavy (non-hydrogen) atoms. The molecule has 2 heterocycles. The van der Waals surface area contributed by atoms with Gasteiger partial charge in [0, 0.05) is 48.7 Å². The number of carbonyl (C=O) groups excluding carboxylic acids is 1. The average molecular weight is 408 g/mol. The Bertz CT molecular complexity index is 1030. The van der Waals surface area contributed by atoms with E-state index in [1.54, 1.807) is 24.5 Å². The lowest BCUT2D eigenvalue weighted by molar-refractivity contribution is 0.0950. The smallest absolute Gasteiger partial charge is 0.251 e. The van der Waals surface area contributed by atoms with Crippen LogP contribution in [-0.4, -0.2) is 29.0 Å². The minimum Gasteiger partial charge on any atom is -0.355 e. The van der Waals surface area contributed by atoms with Crippen molar-refractivity contribution in [3.63, 3.8) is 0 Å². The van der Waals surface area contributed by atoms with E-state index >= 15 is 0 Å². The first-order valence-corrected chi connectivity index (χ1v) is 10.0. The van der Waals surface area contributed by atoms with Crippen molar-refractivity contribution < 1.29 is 13.6 Å². The van der Waals surface area contributed by atoms with E-state index in [1.165, 1.54) is 6.42 Å². The van der Waals surface area contributed by atoms with Gasteiger partial charge in [-0.15, -0.1) is 0 Å². The number of aromatic nitrogens is 2. The highest BCUT2D eigenvalue weighted by molar-refractivity contribution is 5.94. The van der Waals surface area contributed by atoms with Crippen molar-refractivity contribution in [1.82, 2.24) is 15.3 Å². The molecule has 0 radical (unpaired) electrons. The largest absolute Gasteiger partial charge is 0.355 e. The summed E-state index contributed by atoms with van der Waals surface area (Å²) < 4.78 is 27.0. The van der Waals surface area contributed by atoms with Gasteiger partial charge in [0.25, 0.3) is 5.91 Å². The van der Waals surface area contributed by atoms with Crippen LogP contribution in [0.1, 0.15) is 35.2 Å². The molecule has 1 fully saturated rings. The summed E-state index contributed by atoms with van der Waals surface area (Å²) in [6.07, 6.45) is 6.87. The predicted octanol–water partition coefficient (Wildman–Crippen LogP) is 4.34. The first-order valence-electron chi connectivity index (χ1n) is 10.0. The van der Waals surface area contributed by atoms with Crippen molar-refractivity contribution in [2.24, 2.45) is 0 Å². The van der Waals surface area contributed by atoms with Gasteiger partial charge in [-0.2, -0.15) is 0 Å². The Morgan fingerprint density at radius 3 is 2.47 bits per heavy atom. The fraction of sp³-hybridized carbons (Fsp3) is 0.261. The summed E-state index contributed by atoms with van der Waals surface area (Å²) in [6, 6.07) is 10.2. The molecule has 0 bridgehead atoms. The monoisotopic (exact) mass is 408 g/mol. The van der Waals surface area contributed by atoms with Gasteiger partial charge in [-0.25, -0.2) is 13.8 Å². The van der Waals surface area contributed by atoms with E-state index in [1.807, 2.05) is 12.1 Å². The van der Waals surface area contributed by atoms with Gasteiger partial charge >= 0.3 is 0 Å². The van der Waals surface area contributed by atoms with Crippen LogP contribution >= 0.6 is 0 Å². The summed E-state index contributed by atoms with van der Waals surface area (Å²) in [4.78, 5) is 23.7. The lowest BCUT2D eigenvalue weighted by Gasteiger charge is -2.28. The van der Waals surface area contributed by atoms with Gasteiger partial charge in [0.2, 0.25) is 0 Å². The Morgan fingerprint density at radius 1 is 0.967 bits per heavy atom. The number of nitrogens with zero attached hydrogens (tertiary/aromatic N) is 3. The van der Waals surface area contributed by atoms with Crippen molar-refractivity contribution in [3.8, 4) is 11.3 Å². The molecule has 1 aliphatic rings. The zero-order valence-electron chi connectivity index (χ0n) is 16.4. The van der Waals surface area contributed by atoms with Crippen molar-refractivity contribution in [2.45, 2.75) is 25.8 Å². The fourth-order valence-electron chi connectivity index (χ4n) is 3.61. The maximum atomic E-state index is 13.7. The zero-order chi connectivity index (χ0) is 20.9. The normalized spacial score (nSPS) is 13.9. The van der Waals surface area contributed by atoms with Crippen LogP contribution in [0, 0.1) is 11.6 Å². The number of nitrogens with one attached hydrogen (secondary N) is 1. The van der Waals surface area contributed by atoms with E-state index in [0.29, 0.717) is 5.56 Å². The minimum absolute atomic E-state index is 0.0898. The highest BCUT2D eigenvalue weighted by atomic mass is 19.1. The van der Waals surface area contributed by atoms with Crippen LogP contribution < -0.4 is 10.2 Å². The molecule has 3 aromatic rings. The van der Waals surface area contributed by atoms with Gasteiger partial charge in [-0.05, 0) is 49.6 Å². The molecule has 1 amide bonds. The van der Waals surface area contributed by atoms with E-state index in [0.717, 1.165) is 61.2 Å². The molecule has 2 aromatic carbocycles. The first-order chi connectivity index (χ1) is 14.6. The Kier molecular flexibility index (Phi) is 5.97. The van der Waals surface area contributed by atoms with Crippen molar-refractivity contribution in [2.75, 3.05) is 18.0 Å². The molecule has 4 rings (SSSR count).